The van der Waals surface area contributed by atoms with Crippen LogP contribution in [0.3, 0.4) is 0 Å². The molecule has 0 aliphatic carbocycles. The van der Waals surface area contributed by atoms with E-state index in [0.717, 1.165) is 19.5 Å². The Labute approximate surface area is 113 Å². The summed E-state index contributed by atoms with van der Waals surface area (Å²) < 4.78 is 5.08. The van der Waals surface area contributed by atoms with Crippen LogP contribution in [0.25, 0.3) is 0 Å². The Morgan fingerprint density at radius 1 is 1.37 bits per heavy atom. The van der Waals surface area contributed by atoms with Gasteiger partial charge in [-0.2, -0.15) is 0 Å². The first-order valence-electron chi connectivity index (χ1n) is 6.60. The van der Waals surface area contributed by atoms with Crippen molar-refractivity contribution < 1.29 is 14.6 Å². The number of carbonyl (C=O) groups is 1. The van der Waals surface area contributed by atoms with Gasteiger partial charge < -0.3 is 20.5 Å². The van der Waals surface area contributed by atoms with Crippen molar-refractivity contribution >= 4 is 5.91 Å². The van der Waals surface area contributed by atoms with Gasteiger partial charge in [0, 0.05) is 18.7 Å². The third-order valence-electron chi connectivity index (χ3n) is 3.12. The fraction of sp³-hybridized carbons (Fsp3) is 0.500. The third-order valence-corrected chi connectivity index (χ3v) is 3.12. The summed E-state index contributed by atoms with van der Waals surface area (Å²) in [4.78, 5) is 11.9. The van der Waals surface area contributed by atoms with E-state index in [1.165, 1.54) is 11.1 Å². The van der Waals surface area contributed by atoms with Gasteiger partial charge in [-0.3, -0.25) is 4.79 Å². The first-order valence-corrected chi connectivity index (χ1v) is 6.60. The number of rotatable bonds is 6. The van der Waals surface area contributed by atoms with E-state index in [1.807, 2.05) is 18.2 Å². The molecule has 0 fully saturated rings. The minimum Gasteiger partial charge on any atom is -0.394 e. The number of amides is 1. The molecular weight excluding hydrogens is 244 g/mol. The van der Waals surface area contributed by atoms with Crippen LogP contribution in [0.4, 0.5) is 0 Å². The smallest absolute Gasteiger partial charge is 0.251 e. The van der Waals surface area contributed by atoms with E-state index in [-0.39, 0.29) is 12.5 Å². The first-order chi connectivity index (χ1) is 9.31. The van der Waals surface area contributed by atoms with Gasteiger partial charge in [0.15, 0.2) is 0 Å². The largest absolute Gasteiger partial charge is 0.394 e. The lowest BCUT2D eigenvalue weighted by molar-refractivity contribution is 0.0838. The highest BCUT2D eigenvalue weighted by Crippen LogP contribution is 2.15. The normalized spacial score (nSPS) is 13.9. The summed E-state index contributed by atoms with van der Waals surface area (Å²) in [5.74, 6) is -0.0824. The van der Waals surface area contributed by atoms with Crippen molar-refractivity contribution in [3.05, 3.63) is 34.9 Å². The van der Waals surface area contributed by atoms with Gasteiger partial charge in [-0.25, -0.2) is 0 Å². The van der Waals surface area contributed by atoms with Crippen molar-refractivity contribution in [3.63, 3.8) is 0 Å². The molecule has 5 nitrogen and oxygen atoms in total. The molecule has 3 N–H and O–H groups in total. The summed E-state index contributed by atoms with van der Waals surface area (Å²) in [6, 6.07) is 5.85. The van der Waals surface area contributed by atoms with Crippen molar-refractivity contribution in [2.75, 3.05) is 32.9 Å². The number of hydrogen-bond donors (Lipinski definition) is 3. The molecule has 0 saturated carbocycles. The van der Waals surface area contributed by atoms with Crippen LogP contribution >= 0.6 is 0 Å². The van der Waals surface area contributed by atoms with Crippen molar-refractivity contribution in [1.29, 1.82) is 0 Å². The lowest BCUT2D eigenvalue weighted by Gasteiger charge is -2.17. The second-order valence-corrected chi connectivity index (χ2v) is 4.50. The van der Waals surface area contributed by atoms with E-state index < -0.39 is 0 Å². The summed E-state index contributed by atoms with van der Waals surface area (Å²) >= 11 is 0. The van der Waals surface area contributed by atoms with Gasteiger partial charge in [-0.05, 0) is 36.2 Å². The zero-order valence-corrected chi connectivity index (χ0v) is 10.9. The minimum atomic E-state index is -0.0824. The molecule has 5 heteroatoms. The van der Waals surface area contributed by atoms with Crippen molar-refractivity contribution in [3.8, 4) is 0 Å². The van der Waals surface area contributed by atoms with E-state index in [4.69, 9.17) is 9.84 Å². The van der Waals surface area contributed by atoms with E-state index in [1.54, 1.807) is 0 Å². The van der Waals surface area contributed by atoms with Crippen LogP contribution in [0.2, 0.25) is 0 Å². The minimum absolute atomic E-state index is 0.00572. The fourth-order valence-corrected chi connectivity index (χ4v) is 2.13. The average Bonchev–Trinajstić information content (AvgIpc) is 2.46. The lowest BCUT2D eigenvalue weighted by atomic mass is 9.98. The van der Waals surface area contributed by atoms with E-state index in [2.05, 4.69) is 10.6 Å². The molecule has 1 heterocycles. The van der Waals surface area contributed by atoms with E-state index in [9.17, 15) is 4.79 Å². The molecule has 1 aromatic rings. The molecule has 0 spiro atoms. The highest BCUT2D eigenvalue weighted by molar-refractivity contribution is 5.94. The molecule has 0 saturated heterocycles. The van der Waals surface area contributed by atoms with Crippen LogP contribution in [-0.4, -0.2) is 43.9 Å². The maximum atomic E-state index is 11.9. The molecule has 0 radical (unpaired) electrons. The Hall–Kier alpha value is -1.43. The second-order valence-electron chi connectivity index (χ2n) is 4.50. The monoisotopic (exact) mass is 264 g/mol. The highest BCUT2D eigenvalue weighted by Gasteiger charge is 2.12. The summed E-state index contributed by atoms with van der Waals surface area (Å²) in [5, 5.41) is 14.6. The topological polar surface area (TPSA) is 70.6 Å². The van der Waals surface area contributed by atoms with Gasteiger partial charge in [0.25, 0.3) is 5.91 Å². The Morgan fingerprint density at radius 2 is 2.26 bits per heavy atom. The second kappa shape index (κ2) is 7.23. The Morgan fingerprint density at radius 3 is 3.11 bits per heavy atom. The summed E-state index contributed by atoms with van der Waals surface area (Å²) in [5.41, 5.74) is 3.21. The first kappa shape index (κ1) is 14.0. The quantitative estimate of drug-likeness (QED) is 0.636. The molecule has 104 valence electrons. The van der Waals surface area contributed by atoms with Crippen LogP contribution in [0.1, 0.15) is 21.5 Å². The molecule has 19 heavy (non-hydrogen) atoms. The summed E-state index contributed by atoms with van der Waals surface area (Å²) in [7, 11) is 0. The molecule has 1 amide bonds. The Kier molecular flexibility index (Phi) is 5.32. The maximum absolute atomic E-state index is 11.9. The standard InChI is InChI=1S/C14H20N2O3/c17-6-8-19-7-5-16-14(18)12-2-1-11-3-4-15-10-13(11)9-12/h1-2,9,15,17H,3-8,10H2,(H,16,18). The molecular formula is C14H20N2O3. The molecule has 1 aliphatic rings. The van der Waals surface area contributed by atoms with Crippen LogP contribution in [0.15, 0.2) is 18.2 Å². The summed E-state index contributed by atoms with van der Waals surface area (Å²) in [6.07, 6.45) is 1.02. The zero-order valence-electron chi connectivity index (χ0n) is 10.9. The fourth-order valence-electron chi connectivity index (χ4n) is 2.13. The molecule has 1 aliphatic heterocycles. The van der Waals surface area contributed by atoms with Crippen LogP contribution in [0.5, 0.6) is 0 Å². The number of ether oxygens (including phenoxy) is 1. The van der Waals surface area contributed by atoms with Gasteiger partial charge in [-0.15, -0.1) is 0 Å². The van der Waals surface area contributed by atoms with Crippen molar-refractivity contribution in [1.82, 2.24) is 10.6 Å². The molecule has 0 unspecified atom stereocenters. The number of carbonyl (C=O) groups excluding carboxylic acids is 1. The van der Waals surface area contributed by atoms with E-state index in [0.29, 0.717) is 25.3 Å². The molecule has 1 aromatic carbocycles. The number of aliphatic hydroxyl groups excluding tert-OH is 1. The van der Waals surface area contributed by atoms with Crippen molar-refractivity contribution in [2.24, 2.45) is 0 Å². The van der Waals surface area contributed by atoms with Crippen LogP contribution in [-0.2, 0) is 17.7 Å². The molecule has 0 aromatic heterocycles. The van der Waals surface area contributed by atoms with Gasteiger partial charge in [0.2, 0.25) is 0 Å². The van der Waals surface area contributed by atoms with Crippen molar-refractivity contribution in [2.45, 2.75) is 13.0 Å². The molecule has 2 rings (SSSR count). The predicted molar refractivity (Wildman–Crippen MR) is 72.1 cm³/mol. The number of fused-ring (bicyclic) bond motifs is 1. The average molecular weight is 264 g/mol. The summed E-state index contributed by atoms with van der Waals surface area (Å²) in [6.45, 7) is 3.01. The molecule has 0 atom stereocenters. The number of aliphatic hydroxyl groups is 1. The highest BCUT2D eigenvalue weighted by atomic mass is 16.5. The number of nitrogens with one attached hydrogen (secondary N) is 2. The SMILES string of the molecule is O=C(NCCOCCO)c1ccc2c(c1)CNCC2. The zero-order chi connectivity index (χ0) is 13.5. The number of hydrogen-bond acceptors (Lipinski definition) is 4. The van der Waals surface area contributed by atoms with Gasteiger partial charge in [0.05, 0.1) is 19.8 Å². The predicted octanol–water partition coefficient (Wildman–Crippen LogP) is 0.0710. The lowest BCUT2D eigenvalue weighted by Crippen LogP contribution is -2.28. The molecule has 0 bridgehead atoms. The Balaban J connectivity index is 1.85. The number of benzene rings is 1. The Bertz CT molecular complexity index is 435. The van der Waals surface area contributed by atoms with Gasteiger partial charge >= 0.3 is 0 Å². The van der Waals surface area contributed by atoms with E-state index >= 15 is 0 Å². The third kappa shape index (κ3) is 4.02. The van der Waals surface area contributed by atoms with Crippen LogP contribution in [0, 0.1) is 0 Å². The maximum Gasteiger partial charge on any atom is 0.251 e. The van der Waals surface area contributed by atoms with Gasteiger partial charge in [-0.1, -0.05) is 6.07 Å². The van der Waals surface area contributed by atoms with Gasteiger partial charge in [0.1, 0.15) is 0 Å². The van der Waals surface area contributed by atoms with Crippen LogP contribution < -0.4 is 10.6 Å².